The molecule has 0 amide bonds. The summed E-state index contributed by atoms with van der Waals surface area (Å²) < 4.78 is 57.0. The summed E-state index contributed by atoms with van der Waals surface area (Å²) in [6.45, 7) is 1.87. The summed E-state index contributed by atoms with van der Waals surface area (Å²) in [5.74, 6) is -0.926. The Morgan fingerprint density at radius 2 is 2.00 bits per heavy atom. The van der Waals surface area contributed by atoms with Crippen LogP contribution in [0.4, 0.5) is 17.6 Å². The average Bonchev–Trinajstić information content (AvgIpc) is 2.89. The monoisotopic (exact) mass is 303 g/mol. The van der Waals surface area contributed by atoms with E-state index < -0.39 is 17.6 Å². The van der Waals surface area contributed by atoms with Crippen LogP contribution in [-0.2, 0) is 6.18 Å². The Balaban J connectivity index is 2.42. The third kappa shape index (κ3) is 3.21. The van der Waals surface area contributed by atoms with Gasteiger partial charge >= 0.3 is 6.18 Å². The van der Waals surface area contributed by atoms with Crippen LogP contribution in [-0.4, -0.2) is 17.2 Å². The van der Waals surface area contributed by atoms with Crippen molar-refractivity contribution in [2.24, 2.45) is 0 Å². The first kappa shape index (κ1) is 15.4. The molecule has 2 aromatic rings. The van der Waals surface area contributed by atoms with E-state index in [0.717, 1.165) is 6.07 Å². The van der Waals surface area contributed by atoms with E-state index in [2.05, 4.69) is 15.5 Å². The standard InChI is InChI=1S/C13H13F4N3O/c1-3-10(18-2)12-20-19-11(21-12)8-6-7(13(15,16)17)4-5-9(8)14/h4-6,10,18H,3H2,1-2H3. The van der Waals surface area contributed by atoms with E-state index >= 15 is 0 Å². The van der Waals surface area contributed by atoms with Crippen molar-refractivity contribution in [1.29, 1.82) is 0 Å². The molecule has 4 nitrogen and oxygen atoms in total. The van der Waals surface area contributed by atoms with Crippen LogP contribution in [0.2, 0.25) is 0 Å². The molecule has 8 heteroatoms. The van der Waals surface area contributed by atoms with E-state index in [9.17, 15) is 17.6 Å². The Morgan fingerprint density at radius 3 is 2.57 bits per heavy atom. The summed E-state index contributed by atoms with van der Waals surface area (Å²) in [7, 11) is 1.68. The SMILES string of the molecule is CCC(NC)c1nnc(-c2cc(C(F)(F)F)ccc2F)o1. The van der Waals surface area contributed by atoms with E-state index in [1.807, 2.05) is 6.92 Å². The summed E-state index contributed by atoms with van der Waals surface area (Å²) in [5.41, 5.74) is -1.34. The van der Waals surface area contributed by atoms with E-state index in [4.69, 9.17) is 4.42 Å². The Bertz CT molecular complexity index is 620. The summed E-state index contributed by atoms with van der Waals surface area (Å²) in [5, 5.41) is 10.3. The maximum atomic E-state index is 13.7. The summed E-state index contributed by atoms with van der Waals surface area (Å²) in [6, 6.07) is 1.82. The molecule has 1 atom stereocenters. The van der Waals surface area contributed by atoms with E-state index in [-0.39, 0.29) is 23.4 Å². The molecule has 0 aliphatic heterocycles. The molecule has 0 fully saturated rings. The van der Waals surface area contributed by atoms with Crippen LogP contribution < -0.4 is 5.32 Å². The number of hydrogen-bond donors (Lipinski definition) is 1. The highest BCUT2D eigenvalue weighted by atomic mass is 19.4. The number of aromatic nitrogens is 2. The van der Waals surface area contributed by atoms with Crippen LogP contribution in [0.5, 0.6) is 0 Å². The summed E-state index contributed by atoms with van der Waals surface area (Å²) in [6.07, 6.45) is -3.93. The van der Waals surface area contributed by atoms with Gasteiger partial charge in [0.2, 0.25) is 5.89 Å². The summed E-state index contributed by atoms with van der Waals surface area (Å²) in [4.78, 5) is 0. The number of halogens is 4. The molecule has 1 aromatic carbocycles. The molecule has 1 aromatic heterocycles. The van der Waals surface area contributed by atoms with Gasteiger partial charge in [-0.1, -0.05) is 6.92 Å². The highest BCUT2D eigenvalue weighted by molar-refractivity contribution is 5.55. The van der Waals surface area contributed by atoms with E-state index in [0.29, 0.717) is 18.6 Å². The predicted octanol–water partition coefficient (Wildman–Crippen LogP) is 3.57. The first-order chi connectivity index (χ1) is 9.86. The third-order valence-electron chi connectivity index (χ3n) is 3.02. The minimum atomic E-state index is -4.57. The molecule has 0 saturated carbocycles. The van der Waals surface area contributed by atoms with E-state index in [1.54, 1.807) is 7.05 Å². The normalized spacial score (nSPS) is 13.4. The Labute approximate surface area is 118 Å². The van der Waals surface area contributed by atoms with Gasteiger partial charge < -0.3 is 9.73 Å². The van der Waals surface area contributed by atoms with Gasteiger partial charge in [-0.05, 0) is 31.7 Å². The van der Waals surface area contributed by atoms with Gasteiger partial charge in [0, 0.05) is 0 Å². The molecule has 0 spiro atoms. The van der Waals surface area contributed by atoms with E-state index in [1.165, 1.54) is 0 Å². The number of nitrogens with one attached hydrogen (secondary N) is 1. The molecule has 0 bridgehead atoms. The molecular formula is C13H13F4N3O. The molecule has 1 heterocycles. The van der Waals surface area contributed by atoms with Crippen LogP contribution in [0.1, 0.15) is 30.8 Å². The second kappa shape index (κ2) is 5.80. The Morgan fingerprint density at radius 1 is 1.29 bits per heavy atom. The number of rotatable bonds is 4. The lowest BCUT2D eigenvalue weighted by molar-refractivity contribution is -0.137. The average molecular weight is 303 g/mol. The lowest BCUT2D eigenvalue weighted by atomic mass is 10.1. The van der Waals surface area contributed by atoms with Gasteiger partial charge in [-0.2, -0.15) is 13.2 Å². The van der Waals surface area contributed by atoms with Gasteiger partial charge in [0.25, 0.3) is 5.89 Å². The highest BCUT2D eigenvalue weighted by Crippen LogP contribution is 2.33. The van der Waals surface area contributed by atoms with Crippen molar-refractivity contribution in [2.45, 2.75) is 25.6 Å². The van der Waals surface area contributed by atoms with Crippen molar-refractivity contribution >= 4 is 0 Å². The minimum Gasteiger partial charge on any atom is -0.419 e. The molecule has 0 aliphatic carbocycles. The molecule has 0 saturated heterocycles. The summed E-state index contributed by atoms with van der Waals surface area (Å²) >= 11 is 0. The van der Waals surface area contributed by atoms with Gasteiger partial charge in [-0.3, -0.25) is 0 Å². The van der Waals surface area contributed by atoms with Crippen LogP contribution in [0.3, 0.4) is 0 Å². The first-order valence-electron chi connectivity index (χ1n) is 6.24. The van der Waals surface area contributed by atoms with Gasteiger partial charge in [-0.15, -0.1) is 10.2 Å². The topological polar surface area (TPSA) is 51.0 Å². The molecule has 1 unspecified atom stereocenters. The molecule has 0 aliphatic rings. The van der Waals surface area contributed by atoms with Crippen LogP contribution in [0, 0.1) is 5.82 Å². The molecule has 21 heavy (non-hydrogen) atoms. The highest BCUT2D eigenvalue weighted by Gasteiger charge is 2.32. The minimum absolute atomic E-state index is 0.201. The fourth-order valence-corrected chi connectivity index (χ4v) is 1.85. The van der Waals surface area contributed by atoms with Crippen LogP contribution in [0.25, 0.3) is 11.5 Å². The zero-order chi connectivity index (χ0) is 15.6. The van der Waals surface area contributed by atoms with Crippen molar-refractivity contribution in [2.75, 3.05) is 7.05 Å². The molecule has 114 valence electrons. The van der Waals surface area contributed by atoms with Gasteiger partial charge in [0.05, 0.1) is 17.2 Å². The predicted molar refractivity (Wildman–Crippen MR) is 66.8 cm³/mol. The van der Waals surface area contributed by atoms with Crippen molar-refractivity contribution in [3.8, 4) is 11.5 Å². The van der Waals surface area contributed by atoms with Crippen LogP contribution >= 0.6 is 0 Å². The van der Waals surface area contributed by atoms with Crippen molar-refractivity contribution in [3.63, 3.8) is 0 Å². The molecule has 2 rings (SSSR count). The number of benzene rings is 1. The Kier molecular flexibility index (Phi) is 4.26. The maximum Gasteiger partial charge on any atom is 0.416 e. The zero-order valence-corrected chi connectivity index (χ0v) is 11.3. The van der Waals surface area contributed by atoms with Gasteiger partial charge in [0.15, 0.2) is 0 Å². The number of alkyl halides is 3. The molecular weight excluding hydrogens is 290 g/mol. The lowest BCUT2D eigenvalue weighted by Crippen LogP contribution is -2.15. The quantitative estimate of drug-likeness (QED) is 0.877. The number of hydrogen-bond acceptors (Lipinski definition) is 4. The van der Waals surface area contributed by atoms with Crippen molar-refractivity contribution in [1.82, 2.24) is 15.5 Å². The third-order valence-corrected chi connectivity index (χ3v) is 3.02. The zero-order valence-electron chi connectivity index (χ0n) is 11.3. The largest absolute Gasteiger partial charge is 0.419 e. The van der Waals surface area contributed by atoms with Crippen LogP contribution in [0.15, 0.2) is 22.6 Å². The number of nitrogens with zero attached hydrogens (tertiary/aromatic N) is 2. The Hall–Kier alpha value is -1.96. The van der Waals surface area contributed by atoms with Gasteiger partial charge in [0.1, 0.15) is 5.82 Å². The molecule has 0 radical (unpaired) electrons. The lowest BCUT2D eigenvalue weighted by Gasteiger charge is -2.08. The fraction of sp³-hybridized carbons (Fsp3) is 0.385. The van der Waals surface area contributed by atoms with Gasteiger partial charge in [-0.25, -0.2) is 4.39 Å². The second-order valence-electron chi connectivity index (χ2n) is 4.39. The maximum absolute atomic E-state index is 13.7. The fourth-order valence-electron chi connectivity index (χ4n) is 1.85. The molecule has 1 N–H and O–H groups in total. The second-order valence-corrected chi connectivity index (χ2v) is 4.39. The van der Waals surface area contributed by atoms with Crippen molar-refractivity contribution < 1.29 is 22.0 Å². The van der Waals surface area contributed by atoms with Crippen molar-refractivity contribution in [3.05, 3.63) is 35.5 Å². The smallest absolute Gasteiger partial charge is 0.416 e. The first-order valence-corrected chi connectivity index (χ1v) is 6.24.